The standard InChI is InChI=1S/C9H16O4/c1-4-5-6-8(10)13-7(2)9(11)12-3/h7H,4-6H2,1-3H3/t7-/m0/s1/i4D2,6D2. The summed E-state index contributed by atoms with van der Waals surface area (Å²) in [6.07, 6.45) is -6.20. The minimum absolute atomic E-state index is 0.646. The van der Waals surface area contributed by atoms with Crippen molar-refractivity contribution in [1.29, 1.82) is 0 Å². The SMILES string of the molecule is [2H]C([2H])(C)CC([2H])([2H])C(=O)O[C@@H](C)C(=O)OC. The molecule has 0 radical (unpaired) electrons. The number of hydrogen-bond donors (Lipinski definition) is 0. The summed E-state index contributed by atoms with van der Waals surface area (Å²) in [6.45, 7) is 2.41. The lowest BCUT2D eigenvalue weighted by atomic mass is 10.2. The lowest BCUT2D eigenvalue weighted by Crippen LogP contribution is -2.25. The van der Waals surface area contributed by atoms with Crippen molar-refractivity contribution in [3.8, 4) is 0 Å². The molecule has 4 heteroatoms. The molecule has 76 valence electrons. The normalized spacial score (nSPS) is 18.7. The number of carbonyl (C=O) groups is 2. The Morgan fingerprint density at radius 2 is 2.15 bits per heavy atom. The predicted molar refractivity (Wildman–Crippen MR) is 47.1 cm³/mol. The number of esters is 2. The van der Waals surface area contributed by atoms with Crippen molar-refractivity contribution in [2.75, 3.05) is 7.11 Å². The van der Waals surface area contributed by atoms with Gasteiger partial charge in [0.25, 0.3) is 0 Å². The van der Waals surface area contributed by atoms with Crippen LogP contribution in [0, 0.1) is 0 Å². The summed E-state index contributed by atoms with van der Waals surface area (Å²) in [5.74, 6) is -2.07. The summed E-state index contributed by atoms with van der Waals surface area (Å²) in [6, 6.07) is 0. The Kier molecular flexibility index (Phi) is 3.18. The maximum absolute atomic E-state index is 11.4. The molecular weight excluding hydrogens is 172 g/mol. The second kappa shape index (κ2) is 6.46. The Labute approximate surface area is 83.8 Å². The zero-order chi connectivity index (χ0) is 13.9. The number of carbonyl (C=O) groups excluding carboxylic acids is 2. The molecule has 0 rings (SSSR count). The minimum atomic E-state index is -2.49. The van der Waals surface area contributed by atoms with Crippen LogP contribution in [-0.2, 0) is 19.1 Å². The fourth-order valence-electron chi connectivity index (χ4n) is 0.577. The van der Waals surface area contributed by atoms with Gasteiger partial charge in [-0.1, -0.05) is 13.3 Å². The fourth-order valence-corrected chi connectivity index (χ4v) is 0.577. The number of hydrogen-bond acceptors (Lipinski definition) is 4. The van der Waals surface area contributed by atoms with Crippen molar-refractivity contribution >= 4 is 11.9 Å². The van der Waals surface area contributed by atoms with E-state index in [4.69, 9.17) is 5.48 Å². The van der Waals surface area contributed by atoms with Crippen molar-refractivity contribution in [3.05, 3.63) is 0 Å². The Bertz CT molecular complexity index is 298. The second-order valence-corrected chi connectivity index (χ2v) is 2.28. The van der Waals surface area contributed by atoms with E-state index in [0.29, 0.717) is 0 Å². The van der Waals surface area contributed by atoms with Crippen LogP contribution in [0.3, 0.4) is 0 Å². The third-order valence-electron chi connectivity index (χ3n) is 1.23. The van der Waals surface area contributed by atoms with Crippen LogP contribution in [0.2, 0.25) is 0 Å². The molecule has 0 aromatic rings. The number of methoxy groups -OCH3 is 1. The first-order valence-corrected chi connectivity index (χ1v) is 3.78. The van der Waals surface area contributed by atoms with Gasteiger partial charge in [0.05, 0.1) is 7.11 Å². The number of rotatable bonds is 5. The molecule has 0 saturated heterocycles. The highest BCUT2D eigenvalue weighted by Crippen LogP contribution is 2.01. The molecular formula is C9H16O4. The third-order valence-corrected chi connectivity index (χ3v) is 1.23. The molecule has 0 spiro atoms. The molecule has 0 aromatic heterocycles. The van der Waals surface area contributed by atoms with Gasteiger partial charge in [-0.3, -0.25) is 4.79 Å². The molecule has 4 nitrogen and oxygen atoms in total. The van der Waals surface area contributed by atoms with Gasteiger partial charge in [0.2, 0.25) is 0 Å². The van der Waals surface area contributed by atoms with E-state index >= 15 is 0 Å². The molecule has 0 saturated carbocycles. The zero-order valence-electron chi connectivity index (χ0n) is 11.9. The van der Waals surface area contributed by atoms with Gasteiger partial charge in [0.15, 0.2) is 6.10 Å². The molecule has 0 bridgehead atoms. The molecule has 0 aromatic carbocycles. The van der Waals surface area contributed by atoms with E-state index in [9.17, 15) is 9.59 Å². The Hall–Kier alpha value is -1.06. The molecule has 0 unspecified atom stereocenters. The lowest BCUT2D eigenvalue weighted by Gasteiger charge is -2.10. The Balaban J connectivity index is 4.54. The largest absolute Gasteiger partial charge is 0.466 e. The highest BCUT2D eigenvalue weighted by atomic mass is 16.6. The zero-order valence-corrected chi connectivity index (χ0v) is 7.92. The Morgan fingerprint density at radius 1 is 1.54 bits per heavy atom. The predicted octanol–water partition coefficient (Wildman–Crippen LogP) is 1.28. The van der Waals surface area contributed by atoms with Crippen LogP contribution in [-0.4, -0.2) is 25.2 Å². The van der Waals surface area contributed by atoms with Crippen molar-refractivity contribution in [2.45, 2.75) is 39.1 Å². The Morgan fingerprint density at radius 3 is 2.62 bits per heavy atom. The van der Waals surface area contributed by atoms with Crippen LogP contribution in [0.1, 0.15) is 38.5 Å². The fraction of sp³-hybridized carbons (Fsp3) is 0.778. The van der Waals surface area contributed by atoms with Crippen molar-refractivity contribution < 1.29 is 24.5 Å². The average Bonchev–Trinajstić information content (AvgIpc) is 2.12. The molecule has 0 aliphatic heterocycles. The van der Waals surface area contributed by atoms with Gasteiger partial charge in [-0.15, -0.1) is 0 Å². The third kappa shape index (κ3) is 5.22. The molecule has 0 heterocycles. The summed E-state index contributed by atoms with van der Waals surface area (Å²) >= 11 is 0. The van der Waals surface area contributed by atoms with Crippen molar-refractivity contribution in [1.82, 2.24) is 0 Å². The highest BCUT2D eigenvalue weighted by Gasteiger charge is 2.17. The van der Waals surface area contributed by atoms with Gasteiger partial charge in [-0.05, 0) is 13.3 Å². The van der Waals surface area contributed by atoms with Crippen LogP contribution in [0.25, 0.3) is 0 Å². The van der Waals surface area contributed by atoms with E-state index in [1.165, 1.54) is 6.92 Å². The van der Waals surface area contributed by atoms with E-state index in [1.54, 1.807) is 0 Å². The summed E-state index contributed by atoms with van der Waals surface area (Å²) in [5, 5.41) is 0. The molecule has 0 aliphatic rings. The monoisotopic (exact) mass is 192 g/mol. The van der Waals surface area contributed by atoms with E-state index in [-0.39, 0.29) is 0 Å². The van der Waals surface area contributed by atoms with E-state index in [1.807, 2.05) is 0 Å². The van der Waals surface area contributed by atoms with Gasteiger partial charge in [0.1, 0.15) is 0 Å². The first kappa shape index (κ1) is 6.40. The molecule has 13 heavy (non-hydrogen) atoms. The van der Waals surface area contributed by atoms with Crippen molar-refractivity contribution in [3.63, 3.8) is 0 Å². The summed E-state index contributed by atoms with van der Waals surface area (Å²) in [7, 11) is 1.12. The molecule has 0 aliphatic carbocycles. The van der Waals surface area contributed by atoms with E-state index in [0.717, 1.165) is 14.0 Å². The first-order chi connectivity index (χ1) is 7.49. The minimum Gasteiger partial charge on any atom is -0.466 e. The smallest absolute Gasteiger partial charge is 0.346 e. The topological polar surface area (TPSA) is 52.6 Å². The quantitative estimate of drug-likeness (QED) is 0.616. The summed E-state index contributed by atoms with van der Waals surface area (Å²) in [5.41, 5.74) is 0. The van der Waals surface area contributed by atoms with Gasteiger partial charge in [-0.2, -0.15) is 0 Å². The van der Waals surface area contributed by atoms with Gasteiger partial charge in [0, 0.05) is 11.9 Å². The van der Waals surface area contributed by atoms with Gasteiger partial charge >= 0.3 is 11.9 Å². The van der Waals surface area contributed by atoms with Crippen molar-refractivity contribution in [2.24, 2.45) is 0 Å². The molecule has 0 fully saturated rings. The molecule has 1 atom stereocenters. The van der Waals surface area contributed by atoms with Crippen LogP contribution < -0.4 is 0 Å². The van der Waals surface area contributed by atoms with Crippen LogP contribution >= 0.6 is 0 Å². The van der Waals surface area contributed by atoms with Crippen LogP contribution in [0.5, 0.6) is 0 Å². The van der Waals surface area contributed by atoms with Gasteiger partial charge < -0.3 is 9.47 Å². The second-order valence-electron chi connectivity index (χ2n) is 2.28. The summed E-state index contributed by atoms with van der Waals surface area (Å²) < 4.78 is 38.1. The average molecular weight is 192 g/mol. The summed E-state index contributed by atoms with van der Waals surface area (Å²) in [4.78, 5) is 22.4. The molecule has 0 N–H and O–H groups in total. The molecule has 0 amide bonds. The van der Waals surface area contributed by atoms with Crippen LogP contribution in [0.15, 0.2) is 0 Å². The van der Waals surface area contributed by atoms with Crippen LogP contribution in [0.4, 0.5) is 0 Å². The van der Waals surface area contributed by atoms with E-state index in [2.05, 4.69) is 9.47 Å². The van der Waals surface area contributed by atoms with E-state index < -0.39 is 37.2 Å². The maximum atomic E-state index is 11.4. The first-order valence-electron chi connectivity index (χ1n) is 5.78. The maximum Gasteiger partial charge on any atom is 0.346 e. The lowest BCUT2D eigenvalue weighted by molar-refractivity contribution is -0.164. The highest BCUT2D eigenvalue weighted by molar-refractivity contribution is 5.78. The van der Waals surface area contributed by atoms with Gasteiger partial charge in [-0.25, -0.2) is 4.79 Å². The number of ether oxygens (including phenoxy) is 2.